The maximum absolute atomic E-state index is 13.2. The number of thiophene rings is 1. The highest BCUT2D eigenvalue weighted by Crippen LogP contribution is 2.42. The van der Waals surface area contributed by atoms with Gasteiger partial charge in [-0.15, -0.1) is 11.3 Å². The van der Waals surface area contributed by atoms with E-state index in [1.54, 1.807) is 25.6 Å². The fraction of sp³-hybridized carbons (Fsp3) is 0.148. The molecule has 0 radical (unpaired) electrons. The second-order valence-corrected chi connectivity index (χ2v) is 8.27. The molecule has 3 aromatic carbocycles. The minimum Gasteiger partial charge on any atom is -0.497 e. The lowest BCUT2D eigenvalue weighted by molar-refractivity contribution is -0.152. The van der Waals surface area contributed by atoms with Gasteiger partial charge >= 0.3 is 5.97 Å². The maximum Gasteiger partial charge on any atom is 0.312 e. The van der Waals surface area contributed by atoms with Crippen LogP contribution in [0.25, 0.3) is 0 Å². The Morgan fingerprint density at radius 1 is 0.719 bits per heavy atom. The van der Waals surface area contributed by atoms with Gasteiger partial charge in [-0.05, 0) is 35.7 Å². The molecule has 0 atom stereocenters. The fourth-order valence-electron chi connectivity index (χ4n) is 3.76. The smallest absolute Gasteiger partial charge is 0.312 e. The van der Waals surface area contributed by atoms with Gasteiger partial charge in [0.25, 0.3) is 0 Å². The van der Waals surface area contributed by atoms with Crippen molar-refractivity contribution >= 4 is 17.3 Å². The first-order chi connectivity index (χ1) is 15.7. The molecule has 0 amide bonds. The van der Waals surface area contributed by atoms with Crippen LogP contribution in [0.15, 0.2) is 96.4 Å². The zero-order valence-corrected chi connectivity index (χ0v) is 18.8. The van der Waals surface area contributed by atoms with Gasteiger partial charge in [0, 0.05) is 21.6 Å². The third-order valence-corrected chi connectivity index (χ3v) is 6.22. The number of hydrogen-bond acceptors (Lipinski definition) is 5. The molecule has 4 aromatic rings. The summed E-state index contributed by atoms with van der Waals surface area (Å²) in [5.41, 5.74) is 1.38. The topological polar surface area (TPSA) is 44.8 Å². The summed E-state index contributed by atoms with van der Waals surface area (Å²) in [7, 11) is 3.26. The van der Waals surface area contributed by atoms with E-state index in [1.807, 2.05) is 96.4 Å². The van der Waals surface area contributed by atoms with Gasteiger partial charge in [-0.1, -0.05) is 60.7 Å². The van der Waals surface area contributed by atoms with E-state index < -0.39 is 5.60 Å². The number of hydrogen-bond donors (Lipinski definition) is 0. The molecule has 162 valence electrons. The van der Waals surface area contributed by atoms with E-state index in [4.69, 9.17) is 14.2 Å². The fourth-order valence-corrected chi connectivity index (χ4v) is 4.45. The van der Waals surface area contributed by atoms with E-state index in [2.05, 4.69) is 0 Å². The van der Waals surface area contributed by atoms with Gasteiger partial charge in [-0.25, -0.2) is 0 Å². The molecule has 0 aliphatic rings. The van der Waals surface area contributed by atoms with Crippen LogP contribution in [0.3, 0.4) is 0 Å². The van der Waals surface area contributed by atoms with Crippen molar-refractivity contribution in [1.82, 2.24) is 0 Å². The molecule has 0 aliphatic heterocycles. The average molecular weight is 445 g/mol. The number of carbonyl (C=O) groups excluding carboxylic acids is 1. The van der Waals surface area contributed by atoms with Crippen LogP contribution in [-0.4, -0.2) is 20.2 Å². The van der Waals surface area contributed by atoms with E-state index >= 15 is 0 Å². The molecule has 0 saturated heterocycles. The van der Waals surface area contributed by atoms with Gasteiger partial charge in [0.15, 0.2) is 5.60 Å². The van der Waals surface area contributed by atoms with Crippen molar-refractivity contribution in [3.05, 3.63) is 118 Å². The van der Waals surface area contributed by atoms with Crippen LogP contribution in [0, 0.1) is 0 Å². The highest BCUT2D eigenvalue weighted by atomic mass is 32.1. The van der Waals surface area contributed by atoms with Crippen molar-refractivity contribution in [3.8, 4) is 11.5 Å². The number of rotatable bonds is 8. The molecule has 0 bridgehead atoms. The molecule has 4 rings (SSSR count). The Bertz CT molecular complexity index is 1090. The quantitative estimate of drug-likeness (QED) is 0.253. The Balaban J connectivity index is 1.88. The van der Waals surface area contributed by atoms with E-state index in [-0.39, 0.29) is 12.4 Å². The molecule has 4 nitrogen and oxygen atoms in total. The van der Waals surface area contributed by atoms with Crippen molar-refractivity contribution in [2.24, 2.45) is 0 Å². The first kappa shape index (κ1) is 21.7. The number of esters is 1. The van der Waals surface area contributed by atoms with Gasteiger partial charge in [0.05, 0.1) is 20.6 Å². The van der Waals surface area contributed by atoms with Crippen molar-refractivity contribution in [2.45, 2.75) is 12.0 Å². The molecular weight excluding hydrogens is 420 g/mol. The molecule has 32 heavy (non-hydrogen) atoms. The van der Waals surface area contributed by atoms with Gasteiger partial charge in [-0.3, -0.25) is 4.79 Å². The largest absolute Gasteiger partial charge is 0.497 e. The lowest BCUT2D eigenvalue weighted by Gasteiger charge is -2.35. The molecule has 0 saturated carbocycles. The van der Waals surface area contributed by atoms with Crippen molar-refractivity contribution in [2.75, 3.05) is 14.2 Å². The molecular formula is C27H24O4S. The average Bonchev–Trinajstić information content (AvgIpc) is 3.36. The number of ether oxygens (including phenoxy) is 3. The summed E-state index contributed by atoms with van der Waals surface area (Å²) in [6.45, 7) is 0. The summed E-state index contributed by atoms with van der Waals surface area (Å²) < 4.78 is 17.1. The van der Waals surface area contributed by atoms with Crippen molar-refractivity contribution < 1.29 is 19.0 Å². The Morgan fingerprint density at radius 2 is 1.25 bits per heavy atom. The first-order valence-corrected chi connectivity index (χ1v) is 11.1. The molecule has 0 aliphatic carbocycles. The Kier molecular flexibility index (Phi) is 6.57. The van der Waals surface area contributed by atoms with Crippen LogP contribution in [-0.2, 0) is 21.6 Å². The van der Waals surface area contributed by atoms with Crippen LogP contribution in [0.4, 0.5) is 0 Å². The predicted octanol–water partition coefficient (Wildman–Crippen LogP) is 5.84. The van der Waals surface area contributed by atoms with Gasteiger partial charge in [-0.2, -0.15) is 0 Å². The first-order valence-electron chi connectivity index (χ1n) is 10.2. The monoisotopic (exact) mass is 444 g/mol. The molecule has 1 aromatic heterocycles. The zero-order chi connectivity index (χ0) is 22.4. The molecule has 1 heterocycles. The van der Waals surface area contributed by atoms with Crippen LogP contribution in [0.1, 0.15) is 21.6 Å². The highest BCUT2D eigenvalue weighted by molar-refractivity contribution is 7.10. The predicted molar refractivity (Wildman–Crippen MR) is 126 cm³/mol. The zero-order valence-electron chi connectivity index (χ0n) is 18.0. The van der Waals surface area contributed by atoms with Crippen LogP contribution in [0.2, 0.25) is 0 Å². The second-order valence-electron chi connectivity index (χ2n) is 7.23. The summed E-state index contributed by atoms with van der Waals surface area (Å²) >= 11 is 1.54. The minimum absolute atomic E-state index is 0.207. The molecule has 0 fully saturated rings. The van der Waals surface area contributed by atoms with Gasteiger partial charge in [0.1, 0.15) is 11.5 Å². The summed E-state index contributed by atoms with van der Waals surface area (Å²) in [6, 6.07) is 29.0. The SMILES string of the molecule is COc1ccc(C(OC(=O)Cc2cccs2)(c2ccccc2)c2ccc(OC)cc2)cc1. The van der Waals surface area contributed by atoms with Crippen LogP contribution < -0.4 is 9.47 Å². The van der Waals surface area contributed by atoms with E-state index in [1.165, 1.54) is 0 Å². The Hall–Kier alpha value is -3.57. The van der Waals surface area contributed by atoms with Crippen molar-refractivity contribution in [3.63, 3.8) is 0 Å². The van der Waals surface area contributed by atoms with Gasteiger partial charge in [0.2, 0.25) is 0 Å². The minimum atomic E-state index is -1.13. The number of carbonyl (C=O) groups is 1. The van der Waals surface area contributed by atoms with Crippen LogP contribution in [0.5, 0.6) is 11.5 Å². The summed E-state index contributed by atoms with van der Waals surface area (Å²) in [5, 5.41) is 1.96. The van der Waals surface area contributed by atoms with Crippen LogP contribution >= 0.6 is 11.3 Å². The van der Waals surface area contributed by atoms with E-state index in [0.29, 0.717) is 0 Å². The van der Waals surface area contributed by atoms with Gasteiger partial charge < -0.3 is 14.2 Å². The second kappa shape index (κ2) is 9.71. The van der Waals surface area contributed by atoms with Crippen molar-refractivity contribution in [1.29, 1.82) is 0 Å². The number of benzene rings is 3. The Labute approximate surface area is 192 Å². The molecule has 5 heteroatoms. The normalized spacial score (nSPS) is 11.1. The third-order valence-electron chi connectivity index (χ3n) is 5.34. The summed E-state index contributed by atoms with van der Waals surface area (Å²) in [5.74, 6) is 1.16. The van der Waals surface area contributed by atoms with E-state index in [0.717, 1.165) is 33.1 Å². The third kappa shape index (κ3) is 4.39. The molecule has 0 N–H and O–H groups in total. The standard InChI is InChI=1S/C27H24O4S/c1-29-23-14-10-21(11-15-23)27(20-7-4-3-5-8-20,22-12-16-24(30-2)17-13-22)31-26(28)19-25-9-6-18-32-25/h3-18H,19H2,1-2H3. The summed E-state index contributed by atoms with van der Waals surface area (Å²) in [6.07, 6.45) is 0.207. The maximum atomic E-state index is 13.2. The lowest BCUT2D eigenvalue weighted by Crippen LogP contribution is -2.35. The molecule has 0 unspecified atom stereocenters. The Morgan fingerprint density at radius 3 is 1.72 bits per heavy atom. The molecule has 0 spiro atoms. The number of methoxy groups -OCH3 is 2. The lowest BCUT2D eigenvalue weighted by atomic mass is 9.80. The summed E-state index contributed by atoms with van der Waals surface area (Å²) in [4.78, 5) is 14.2. The highest BCUT2D eigenvalue weighted by Gasteiger charge is 2.40. The van der Waals surface area contributed by atoms with E-state index in [9.17, 15) is 4.79 Å².